The van der Waals surface area contributed by atoms with Gasteiger partial charge in [-0.2, -0.15) is 5.06 Å². The zero-order valence-corrected chi connectivity index (χ0v) is 12.0. The lowest BCUT2D eigenvalue weighted by atomic mass is 9.85. The zero-order chi connectivity index (χ0) is 13.4. The van der Waals surface area contributed by atoms with Crippen molar-refractivity contribution in [3.05, 3.63) is 12.2 Å². The molecule has 1 aliphatic heterocycles. The van der Waals surface area contributed by atoms with Gasteiger partial charge in [0, 0.05) is 5.33 Å². The summed E-state index contributed by atoms with van der Waals surface area (Å²) in [6.07, 6.45) is 5.08. The molecule has 4 atom stereocenters. The molecule has 19 heavy (non-hydrogen) atoms. The predicted octanol–water partition coefficient (Wildman–Crippen LogP) is 1.14. The highest BCUT2D eigenvalue weighted by atomic mass is 79.9. The van der Waals surface area contributed by atoms with Crippen molar-refractivity contribution < 1.29 is 19.2 Å². The average molecular weight is 330 g/mol. The molecule has 1 saturated heterocycles. The summed E-state index contributed by atoms with van der Waals surface area (Å²) in [7, 11) is 0. The van der Waals surface area contributed by atoms with Crippen molar-refractivity contribution in [3.63, 3.8) is 0 Å². The van der Waals surface area contributed by atoms with Crippen molar-refractivity contribution in [2.45, 2.75) is 6.42 Å². The van der Waals surface area contributed by atoms with E-state index in [1.165, 1.54) is 0 Å². The van der Waals surface area contributed by atoms with Gasteiger partial charge in [0.2, 0.25) is 0 Å². The summed E-state index contributed by atoms with van der Waals surface area (Å²) in [6.45, 7) is 1.19. The summed E-state index contributed by atoms with van der Waals surface area (Å²) in [5, 5.41) is 1.73. The van der Waals surface area contributed by atoms with Crippen molar-refractivity contribution in [1.29, 1.82) is 0 Å². The van der Waals surface area contributed by atoms with Crippen LogP contribution in [0.1, 0.15) is 6.42 Å². The van der Waals surface area contributed by atoms with Crippen LogP contribution in [-0.4, -0.2) is 42.0 Å². The molecule has 4 unspecified atom stereocenters. The minimum atomic E-state index is -0.189. The number of carbonyl (C=O) groups is 2. The number of halogens is 1. The number of fused-ring (bicyclic) bond motifs is 5. The Kier molecular flexibility index (Phi) is 3.73. The van der Waals surface area contributed by atoms with Gasteiger partial charge in [0.25, 0.3) is 11.8 Å². The van der Waals surface area contributed by atoms with E-state index in [1.807, 2.05) is 0 Å². The Morgan fingerprint density at radius 3 is 2.32 bits per heavy atom. The molecule has 0 aromatic rings. The van der Waals surface area contributed by atoms with Gasteiger partial charge in [0.15, 0.2) is 0 Å². The summed E-state index contributed by atoms with van der Waals surface area (Å²) in [5.41, 5.74) is 0. The minimum Gasteiger partial charge on any atom is -0.378 e. The molecule has 104 valence electrons. The number of nitrogens with zero attached hydrogens (tertiary/aromatic N) is 1. The third-order valence-corrected chi connectivity index (χ3v) is 4.42. The van der Waals surface area contributed by atoms with Crippen LogP contribution in [-0.2, 0) is 19.2 Å². The monoisotopic (exact) mass is 329 g/mol. The van der Waals surface area contributed by atoms with E-state index in [1.54, 1.807) is 0 Å². The lowest BCUT2D eigenvalue weighted by Crippen LogP contribution is -2.34. The maximum Gasteiger partial charge on any atom is 0.258 e. The second-order valence-electron chi connectivity index (χ2n) is 5.11. The lowest BCUT2D eigenvalue weighted by molar-refractivity contribution is -0.193. The van der Waals surface area contributed by atoms with Crippen molar-refractivity contribution in [3.8, 4) is 0 Å². The van der Waals surface area contributed by atoms with E-state index in [0.29, 0.717) is 13.2 Å². The van der Waals surface area contributed by atoms with Gasteiger partial charge < -0.3 is 4.74 Å². The molecule has 2 amide bonds. The molecular weight excluding hydrogens is 314 g/mol. The highest BCUT2D eigenvalue weighted by Gasteiger charge is 2.60. The van der Waals surface area contributed by atoms with Crippen LogP contribution in [0.25, 0.3) is 0 Å². The van der Waals surface area contributed by atoms with E-state index in [9.17, 15) is 9.59 Å². The van der Waals surface area contributed by atoms with Crippen LogP contribution in [0.5, 0.6) is 0 Å². The molecule has 3 aliphatic rings. The molecule has 2 fully saturated rings. The molecule has 2 bridgehead atoms. The highest BCUT2D eigenvalue weighted by molar-refractivity contribution is 9.09. The third-order valence-electron chi connectivity index (χ3n) is 4.10. The van der Waals surface area contributed by atoms with Crippen molar-refractivity contribution in [1.82, 2.24) is 5.06 Å². The molecular formula is C13H16BrNO4. The fourth-order valence-corrected chi connectivity index (χ4v) is 3.58. The van der Waals surface area contributed by atoms with Gasteiger partial charge in [-0.15, -0.1) is 0 Å². The first kappa shape index (κ1) is 13.3. The number of alkyl halides is 1. The number of hydrogen-bond acceptors (Lipinski definition) is 4. The largest absolute Gasteiger partial charge is 0.378 e. The second-order valence-corrected chi connectivity index (χ2v) is 5.90. The molecule has 5 nitrogen and oxygen atoms in total. The molecule has 0 spiro atoms. The average Bonchev–Trinajstić information content (AvgIpc) is 3.06. The van der Waals surface area contributed by atoms with Crippen molar-refractivity contribution in [2.75, 3.05) is 25.2 Å². The first-order valence-corrected chi connectivity index (χ1v) is 7.69. The van der Waals surface area contributed by atoms with Gasteiger partial charge in [-0.05, 0) is 18.3 Å². The van der Waals surface area contributed by atoms with Crippen LogP contribution < -0.4 is 0 Å². The van der Waals surface area contributed by atoms with E-state index in [4.69, 9.17) is 9.57 Å². The number of ether oxygens (including phenoxy) is 1. The van der Waals surface area contributed by atoms with Crippen molar-refractivity contribution in [2.24, 2.45) is 23.7 Å². The molecule has 0 radical (unpaired) electrons. The molecule has 0 aromatic carbocycles. The summed E-state index contributed by atoms with van der Waals surface area (Å²) >= 11 is 3.25. The van der Waals surface area contributed by atoms with Crippen LogP contribution in [0.4, 0.5) is 0 Å². The van der Waals surface area contributed by atoms with Gasteiger partial charge in [0.05, 0.1) is 31.7 Å². The van der Waals surface area contributed by atoms with Crippen LogP contribution in [0.3, 0.4) is 0 Å². The molecule has 6 heteroatoms. The van der Waals surface area contributed by atoms with Crippen LogP contribution >= 0.6 is 15.9 Å². The predicted molar refractivity (Wildman–Crippen MR) is 70.1 cm³/mol. The number of carbonyl (C=O) groups excluding carboxylic acids is 2. The Morgan fingerprint density at radius 1 is 1.11 bits per heavy atom. The summed E-state index contributed by atoms with van der Waals surface area (Å²) < 4.78 is 5.23. The number of hydrogen-bond donors (Lipinski definition) is 0. The number of allylic oxidation sites excluding steroid dienone is 2. The topological polar surface area (TPSA) is 55.8 Å². The Bertz CT molecular complexity index is 395. The minimum absolute atomic E-state index is 0.174. The van der Waals surface area contributed by atoms with E-state index in [2.05, 4.69) is 28.1 Å². The third kappa shape index (κ3) is 2.15. The standard InChI is InChI=1S/C13H16BrNO4/c14-3-4-18-5-6-19-15-12(16)10-8-1-2-9(7-8)11(10)13(15)17/h1-2,8-11H,3-7H2. The fourth-order valence-electron chi connectivity index (χ4n) is 3.35. The van der Waals surface area contributed by atoms with E-state index in [-0.39, 0.29) is 42.1 Å². The van der Waals surface area contributed by atoms with Gasteiger partial charge >= 0.3 is 0 Å². The Hall–Kier alpha value is -0.720. The van der Waals surface area contributed by atoms with Gasteiger partial charge in [0.1, 0.15) is 0 Å². The number of hydroxylamine groups is 2. The SMILES string of the molecule is O=C1C2C3C=CC(C3)C2C(=O)N1OCCOCCBr. The maximum absolute atomic E-state index is 12.2. The Labute approximate surface area is 120 Å². The normalized spacial score (nSPS) is 35.5. The molecule has 3 rings (SSSR count). The second kappa shape index (κ2) is 5.34. The Morgan fingerprint density at radius 2 is 1.74 bits per heavy atom. The highest BCUT2D eigenvalue weighted by Crippen LogP contribution is 2.52. The molecule has 1 saturated carbocycles. The molecule has 0 N–H and O–H groups in total. The van der Waals surface area contributed by atoms with Gasteiger partial charge in [-0.1, -0.05) is 28.1 Å². The first-order valence-electron chi connectivity index (χ1n) is 6.57. The summed E-state index contributed by atoms with van der Waals surface area (Å²) in [6, 6.07) is 0. The van der Waals surface area contributed by atoms with Crippen LogP contribution in [0, 0.1) is 23.7 Å². The zero-order valence-electron chi connectivity index (χ0n) is 10.5. The maximum atomic E-state index is 12.2. The Balaban J connectivity index is 1.57. The van der Waals surface area contributed by atoms with Crippen LogP contribution in [0.2, 0.25) is 0 Å². The summed E-state index contributed by atoms with van der Waals surface area (Å²) in [5.74, 6) is -0.272. The van der Waals surface area contributed by atoms with E-state index < -0.39 is 0 Å². The molecule has 2 aliphatic carbocycles. The number of amides is 2. The fraction of sp³-hybridized carbons (Fsp3) is 0.692. The van der Waals surface area contributed by atoms with Gasteiger partial charge in [-0.25, -0.2) is 0 Å². The number of rotatable bonds is 6. The smallest absolute Gasteiger partial charge is 0.258 e. The quantitative estimate of drug-likeness (QED) is 0.317. The summed E-state index contributed by atoms with van der Waals surface area (Å²) in [4.78, 5) is 29.7. The lowest BCUT2D eigenvalue weighted by Gasteiger charge is -2.16. The van der Waals surface area contributed by atoms with E-state index >= 15 is 0 Å². The number of imide groups is 1. The molecule has 1 heterocycles. The van der Waals surface area contributed by atoms with E-state index in [0.717, 1.165) is 16.8 Å². The van der Waals surface area contributed by atoms with Crippen molar-refractivity contribution >= 4 is 27.7 Å². The molecule has 0 aromatic heterocycles. The van der Waals surface area contributed by atoms with Crippen LogP contribution in [0.15, 0.2) is 12.2 Å². The van der Waals surface area contributed by atoms with Gasteiger partial charge in [-0.3, -0.25) is 14.4 Å². The first-order chi connectivity index (χ1) is 9.24.